The first-order valence-corrected chi connectivity index (χ1v) is 4.64. The van der Waals surface area contributed by atoms with Gasteiger partial charge in [0, 0.05) is 11.6 Å². The highest BCUT2D eigenvalue weighted by Gasteiger charge is 2.22. The van der Waals surface area contributed by atoms with Crippen molar-refractivity contribution in [2.24, 2.45) is 11.7 Å². The van der Waals surface area contributed by atoms with Crippen LogP contribution in [0.2, 0.25) is 0 Å². The molecule has 1 aliphatic rings. The third kappa shape index (κ3) is 1.89. The molecule has 0 aliphatic heterocycles. The van der Waals surface area contributed by atoms with Crippen LogP contribution < -0.4 is 5.73 Å². The molecular formula is C10H15NO. The Morgan fingerprint density at radius 3 is 3.00 bits per heavy atom. The van der Waals surface area contributed by atoms with Crippen molar-refractivity contribution in [3.8, 4) is 0 Å². The van der Waals surface area contributed by atoms with Crippen molar-refractivity contribution in [2.45, 2.75) is 31.7 Å². The van der Waals surface area contributed by atoms with Gasteiger partial charge in [0.2, 0.25) is 0 Å². The van der Waals surface area contributed by atoms with E-state index in [-0.39, 0.29) is 6.04 Å². The number of hydrogen-bond acceptors (Lipinski definition) is 2. The Kier molecular flexibility index (Phi) is 2.17. The Bertz CT molecular complexity index is 226. The van der Waals surface area contributed by atoms with E-state index in [9.17, 15) is 0 Å². The molecule has 2 N–H and O–H groups in total. The molecule has 1 atom stereocenters. The third-order valence-electron chi connectivity index (χ3n) is 2.55. The van der Waals surface area contributed by atoms with Crippen molar-refractivity contribution in [1.29, 1.82) is 0 Å². The van der Waals surface area contributed by atoms with Crippen molar-refractivity contribution >= 4 is 0 Å². The average molecular weight is 165 g/mol. The van der Waals surface area contributed by atoms with Gasteiger partial charge in [-0.1, -0.05) is 12.8 Å². The van der Waals surface area contributed by atoms with Crippen molar-refractivity contribution in [3.05, 3.63) is 24.2 Å². The number of furan rings is 1. The van der Waals surface area contributed by atoms with Crippen molar-refractivity contribution in [1.82, 2.24) is 0 Å². The minimum absolute atomic E-state index is 0.185. The summed E-state index contributed by atoms with van der Waals surface area (Å²) >= 11 is 0. The average Bonchev–Trinajstić information content (AvgIpc) is 2.74. The Labute approximate surface area is 72.7 Å². The van der Waals surface area contributed by atoms with E-state index in [1.807, 2.05) is 6.07 Å². The first-order chi connectivity index (χ1) is 5.86. The van der Waals surface area contributed by atoms with Crippen LogP contribution in [0.1, 0.15) is 37.3 Å². The largest absolute Gasteiger partial charge is 0.472 e. The lowest BCUT2D eigenvalue weighted by Crippen LogP contribution is -2.09. The first-order valence-electron chi connectivity index (χ1n) is 4.64. The zero-order valence-electron chi connectivity index (χ0n) is 7.20. The summed E-state index contributed by atoms with van der Waals surface area (Å²) < 4.78 is 4.98. The van der Waals surface area contributed by atoms with E-state index < -0.39 is 0 Å². The zero-order chi connectivity index (χ0) is 8.39. The van der Waals surface area contributed by atoms with Crippen LogP contribution in [0.3, 0.4) is 0 Å². The highest BCUT2D eigenvalue weighted by molar-refractivity contribution is 5.10. The van der Waals surface area contributed by atoms with Gasteiger partial charge in [-0.05, 0) is 24.8 Å². The Morgan fingerprint density at radius 2 is 2.42 bits per heavy atom. The highest BCUT2D eigenvalue weighted by atomic mass is 16.3. The summed E-state index contributed by atoms with van der Waals surface area (Å²) in [6.45, 7) is 0. The van der Waals surface area contributed by atoms with Gasteiger partial charge in [0.1, 0.15) is 0 Å². The Hall–Kier alpha value is -0.760. The predicted molar refractivity (Wildman–Crippen MR) is 47.6 cm³/mol. The van der Waals surface area contributed by atoms with E-state index in [1.54, 1.807) is 12.5 Å². The summed E-state index contributed by atoms with van der Waals surface area (Å²) in [5.74, 6) is 0.975. The summed E-state index contributed by atoms with van der Waals surface area (Å²) in [5, 5.41) is 0. The molecule has 0 spiro atoms. The molecule has 1 aromatic rings. The van der Waals surface area contributed by atoms with Crippen LogP contribution >= 0.6 is 0 Å². The van der Waals surface area contributed by atoms with E-state index in [4.69, 9.17) is 10.2 Å². The lowest BCUT2D eigenvalue weighted by molar-refractivity contribution is 0.542. The van der Waals surface area contributed by atoms with E-state index in [0.717, 1.165) is 17.9 Å². The van der Waals surface area contributed by atoms with Crippen LogP contribution in [0, 0.1) is 5.92 Å². The first kappa shape index (κ1) is 7.87. The summed E-state index contributed by atoms with van der Waals surface area (Å²) in [4.78, 5) is 0. The van der Waals surface area contributed by atoms with E-state index in [2.05, 4.69) is 0 Å². The zero-order valence-corrected chi connectivity index (χ0v) is 7.20. The number of rotatable bonds is 4. The molecule has 0 aromatic carbocycles. The second-order valence-corrected chi connectivity index (χ2v) is 3.68. The van der Waals surface area contributed by atoms with Crippen LogP contribution in [0.25, 0.3) is 0 Å². The van der Waals surface area contributed by atoms with Crippen LogP contribution in [-0.4, -0.2) is 0 Å². The molecule has 66 valence electrons. The van der Waals surface area contributed by atoms with Crippen molar-refractivity contribution in [2.75, 3.05) is 0 Å². The molecular weight excluding hydrogens is 150 g/mol. The molecule has 1 aliphatic carbocycles. The lowest BCUT2D eigenvalue weighted by atomic mass is 10.0. The van der Waals surface area contributed by atoms with E-state index >= 15 is 0 Å². The molecule has 2 nitrogen and oxygen atoms in total. The molecule has 2 rings (SSSR count). The summed E-state index contributed by atoms with van der Waals surface area (Å²) in [6.07, 6.45) is 8.65. The Morgan fingerprint density at radius 1 is 1.58 bits per heavy atom. The van der Waals surface area contributed by atoms with E-state index in [0.29, 0.717) is 0 Å². The Balaban J connectivity index is 1.79. The monoisotopic (exact) mass is 165 g/mol. The third-order valence-corrected chi connectivity index (χ3v) is 2.55. The van der Waals surface area contributed by atoms with Gasteiger partial charge in [-0.15, -0.1) is 0 Å². The smallest absolute Gasteiger partial charge is 0.0950 e. The van der Waals surface area contributed by atoms with Crippen molar-refractivity contribution in [3.63, 3.8) is 0 Å². The quantitative estimate of drug-likeness (QED) is 0.744. The second-order valence-electron chi connectivity index (χ2n) is 3.68. The van der Waals surface area contributed by atoms with Gasteiger partial charge in [0.25, 0.3) is 0 Å². The fourth-order valence-electron chi connectivity index (χ4n) is 1.47. The van der Waals surface area contributed by atoms with Crippen LogP contribution in [-0.2, 0) is 0 Å². The maximum Gasteiger partial charge on any atom is 0.0950 e. The highest BCUT2D eigenvalue weighted by Crippen LogP contribution is 2.35. The van der Waals surface area contributed by atoms with Crippen LogP contribution in [0.4, 0.5) is 0 Å². The summed E-state index contributed by atoms with van der Waals surface area (Å²) in [6, 6.07) is 2.14. The van der Waals surface area contributed by atoms with Gasteiger partial charge in [-0.25, -0.2) is 0 Å². The molecule has 1 aromatic heterocycles. The summed E-state index contributed by atoms with van der Waals surface area (Å²) in [5.41, 5.74) is 7.09. The molecule has 1 fully saturated rings. The normalized spacial score (nSPS) is 19.4. The maximum absolute atomic E-state index is 5.96. The molecule has 1 heterocycles. The van der Waals surface area contributed by atoms with Gasteiger partial charge < -0.3 is 10.2 Å². The van der Waals surface area contributed by atoms with Gasteiger partial charge >= 0.3 is 0 Å². The second kappa shape index (κ2) is 3.31. The number of hydrogen-bond donors (Lipinski definition) is 1. The topological polar surface area (TPSA) is 39.2 Å². The minimum Gasteiger partial charge on any atom is -0.472 e. The molecule has 1 unspecified atom stereocenters. The fraction of sp³-hybridized carbons (Fsp3) is 0.600. The van der Waals surface area contributed by atoms with Crippen molar-refractivity contribution < 1.29 is 4.42 Å². The molecule has 0 saturated heterocycles. The summed E-state index contributed by atoms with van der Waals surface area (Å²) in [7, 11) is 0. The number of nitrogens with two attached hydrogens (primary N) is 1. The predicted octanol–water partition coefficient (Wildman–Crippen LogP) is 2.47. The molecule has 12 heavy (non-hydrogen) atoms. The van der Waals surface area contributed by atoms with Crippen LogP contribution in [0.5, 0.6) is 0 Å². The maximum atomic E-state index is 5.96. The van der Waals surface area contributed by atoms with E-state index in [1.165, 1.54) is 19.3 Å². The minimum atomic E-state index is 0.185. The van der Waals surface area contributed by atoms with Gasteiger partial charge in [0.15, 0.2) is 0 Å². The molecule has 0 radical (unpaired) electrons. The van der Waals surface area contributed by atoms with Gasteiger partial charge in [0.05, 0.1) is 12.5 Å². The lowest BCUT2D eigenvalue weighted by Gasteiger charge is -2.07. The molecule has 2 heteroatoms. The fourth-order valence-corrected chi connectivity index (χ4v) is 1.47. The molecule has 0 bridgehead atoms. The SMILES string of the molecule is NC(CCC1CC1)c1ccoc1. The van der Waals surface area contributed by atoms with Gasteiger partial charge in [-0.3, -0.25) is 0 Å². The van der Waals surface area contributed by atoms with Gasteiger partial charge in [-0.2, -0.15) is 0 Å². The standard InChI is InChI=1S/C10H15NO/c11-10(4-3-8-1-2-8)9-5-6-12-7-9/h5-8,10H,1-4,11H2. The van der Waals surface area contributed by atoms with Crippen LogP contribution in [0.15, 0.2) is 23.0 Å². The molecule has 1 saturated carbocycles. The molecule has 0 amide bonds.